The summed E-state index contributed by atoms with van der Waals surface area (Å²) >= 11 is 3.00. The molecule has 0 unspecified atom stereocenters. The highest BCUT2D eigenvalue weighted by atomic mass is 32.2. The van der Waals surface area contributed by atoms with Gasteiger partial charge in [0.05, 0.1) is 5.52 Å². The lowest BCUT2D eigenvalue weighted by molar-refractivity contribution is 0.980. The second kappa shape index (κ2) is 5.08. The zero-order valence-corrected chi connectivity index (χ0v) is 11.6. The van der Waals surface area contributed by atoms with Crippen LogP contribution < -0.4 is 11.3 Å². The maximum Gasteiger partial charge on any atom is 0.238 e. The van der Waals surface area contributed by atoms with Crippen LogP contribution in [0.2, 0.25) is 0 Å². The van der Waals surface area contributed by atoms with E-state index in [0.29, 0.717) is 5.95 Å². The highest BCUT2D eigenvalue weighted by molar-refractivity contribution is 8.01. The number of hydrazine groups is 1. The first-order valence-corrected chi connectivity index (χ1v) is 7.11. The van der Waals surface area contributed by atoms with E-state index in [9.17, 15) is 0 Å². The van der Waals surface area contributed by atoms with Crippen molar-refractivity contribution in [2.24, 2.45) is 5.84 Å². The van der Waals surface area contributed by atoms with Crippen molar-refractivity contribution < 1.29 is 0 Å². The third kappa shape index (κ3) is 2.50. The third-order valence-corrected chi connectivity index (χ3v) is 4.28. The van der Waals surface area contributed by atoms with Gasteiger partial charge in [-0.2, -0.15) is 0 Å². The van der Waals surface area contributed by atoms with Gasteiger partial charge in [-0.3, -0.25) is 5.43 Å². The Bertz CT molecular complexity index is 726. The summed E-state index contributed by atoms with van der Waals surface area (Å²) in [5.41, 5.74) is 3.32. The standard InChI is InChI=1S/C11H10N6S2/c1-6-16-17-11(18-6)19-9-7-4-2-3-5-8(7)13-10(14-9)15-12/h2-5H,12H2,1H3,(H,13,14,15). The zero-order chi connectivity index (χ0) is 13.2. The Morgan fingerprint density at radius 2 is 2.05 bits per heavy atom. The molecule has 1 aromatic carbocycles. The van der Waals surface area contributed by atoms with E-state index in [1.165, 1.54) is 23.1 Å². The van der Waals surface area contributed by atoms with Gasteiger partial charge >= 0.3 is 0 Å². The maximum absolute atomic E-state index is 5.40. The van der Waals surface area contributed by atoms with Crippen molar-refractivity contribution in [3.05, 3.63) is 29.3 Å². The zero-order valence-electron chi connectivity index (χ0n) is 9.99. The normalized spacial score (nSPS) is 10.8. The molecule has 8 heteroatoms. The number of hydrogen-bond donors (Lipinski definition) is 2. The molecule has 3 N–H and O–H groups in total. The number of anilines is 1. The Balaban J connectivity index is 2.10. The Morgan fingerprint density at radius 3 is 2.79 bits per heavy atom. The quantitative estimate of drug-likeness (QED) is 0.434. The summed E-state index contributed by atoms with van der Waals surface area (Å²) in [4.78, 5) is 8.69. The highest BCUT2D eigenvalue weighted by Crippen LogP contribution is 2.33. The number of fused-ring (bicyclic) bond motifs is 1. The average molecular weight is 290 g/mol. The first-order chi connectivity index (χ1) is 9.26. The second-order valence-corrected chi connectivity index (χ2v) is 6.12. The van der Waals surface area contributed by atoms with E-state index in [4.69, 9.17) is 5.84 Å². The van der Waals surface area contributed by atoms with Crippen LogP contribution in [0, 0.1) is 6.92 Å². The largest absolute Gasteiger partial charge is 0.292 e. The molecular formula is C11H10N6S2. The van der Waals surface area contributed by atoms with Crippen molar-refractivity contribution >= 4 is 39.9 Å². The van der Waals surface area contributed by atoms with Gasteiger partial charge in [-0.15, -0.1) is 10.2 Å². The molecule has 0 spiro atoms. The molecule has 3 aromatic rings. The van der Waals surface area contributed by atoms with E-state index < -0.39 is 0 Å². The number of nitrogens with zero attached hydrogens (tertiary/aromatic N) is 4. The lowest BCUT2D eigenvalue weighted by Crippen LogP contribution is -2.10. The number of benzene rings is 1. The van der Waals surface area contributed by atoms with Gasteiger partial charge < -0.3 is 0 Å². The van der Waals surface area contributed by atoms with Crippen LogP contribution in [0.3, 0.4) is 0 Å². The van der Waals surface area contributed by atoms with Crippen LogP contribution in [0.5, 0.6) is 0 Å². The number of nitrogen functional groups attached to an aromatic ring is 1. The molecule has 19 heavy (non-hydrogen) atoms. The molecule has 0 fully saturated rings. The van der Waals surface area contributed by atoms with Crippen molar-refractivity contribution in [3.8, 4) is 0 Å². The number of nitrogens with one attached hydrogen (secondary N) is 1. The fraction of sp³-hybridized carbons (Fsp3) is 0.0909. The minimum absolute atomic E-state index is 0.391. The molecule has 0 radical (unpaired) electrons. The van der Waals surface area contributed by atoms with Crippen molar-refractivity contribution in [2.75, 3.05) is 5.43 Å². The SMILES string of the molecule is Cc1nnc(Sc2nc(NN)nc3ccccc23)s1. The second-order valence-electron chi connectivity index (χ2n) is 3.70. The van der Waals surface area contributed by atoms with Crippen LogP contribution in [-0.2, 0) is 0 Å². The Hall–Kier alpha value is -1.77. The van der Waals surface area contributed by atoms with Crippen molar-refractivity contribution in [2.45, 2.75) is 16.3 Å². The molecule has 0 aliphatic carbocycles. The first kappa shape index (κ1) is 12.3. The van der Waals surface area contributed by atoms with Gasteiger partial charge in [-0.05, 0) is 24.8 Å². The Morgan fingerprint density at radius 1 is 1.21 bits per heavy atom. The number of rotatable bonds is 3. The van der Waals surface area contributed by atoms with Crippen LogP contribution in [0.1, 0.15) is 5.01 Å². The Kier molecular flexibility index (Phi) is 3.28. The molecule has 0 aliphatic heterocycles. The van der Waals surface area contributed by atoms with Crippen molar-refractivity contribution in [1.82, 2.24) is 20.2 Å². The molecule has 0 atom stereocenters. The summed E-state index contributed by atoms with van der Waals surface area (Å²) in [5, 5.41) is 10.8. The summed E-state index contributed by atoms with van der Waals surface area (Å²) < 4.78 is 0.851. The first-order valence-electron chi connectivity index (χ1n) is 5.47. The molecule has 0 aliphatic rings. The maximum atomic E-state index is 5.40. The minimum Gasteiger partial charge on any atom is -0.292 e. The summed E-state index contributed by atoms with van der Waals surface area (Å²) in [6.07, 6.45) is 0. The van der Waals surface area contributed by atoms with E-state index in [2.05, 4.69) is 25.6 Å². The van der Waals surface area contributed by atoms with Gasteiger partial charge in [-0.25, -0.2) is 15.8 Å². The van der Waals surface area contributed by atoms with Crippen molar-refractivity contribution in [1.29, 1.82) is 0 Å². The van der Waals surface area contributed by atoms with E-state index in [1.54, 1.807) is 0 Å². The molecule has 6 nitrogen and oxygen atoms in total. The lowest BCUT2D eigenvalue weighted by Gasteiger charge is -2.05. The minimum atomic E-state index is 0.391. The van der Waals surface area contributed by atoms with Crippen LogP contribution in [-0.4, -0.2) is 20.2 Å². The van der Waals surface area contributed by atoms with Gasteiger partial charge in [0.2, 0.25) is 5.95 Å². The van der Waals surface area contributed by atoms with Gasteiger partial charge in [0.25, 0.3) is 0 Å². The molecule has 0 bridgehead atoms. The average Bonchev–Trinajstić information content (AvgIpc) is 2.84. The molecule has 0 saturated carbocycles. The molecular weight excluding hydrogens is 280 g/mol. The summed E-state index contributed by atoms with van der Waals surface area (Å²) in [5.74, 6) is 5.79. The molecule has 2 heterocycles. The molecule has 2 aromatic heterocycles. The fourth-order valence-electron chi connectivity index (χ4n) is 1.59. The van der Waals surface area contributed by atoms with Gasteiger partial charge in [0.1, 0.15) is 10.0 Å². The summed E-state index contributed by atoms with van der Waals surface area (Å²) in [6, 6.07) is 7.79. The molecule has 96 valence electrons. The smallest absolute Gasteiger partial charge is 0.238 e. The predicted molar refractivity (Wildman–Crippen MR) is 76.1 cm³/mol. The van der Waals surface area contributed by atoms with Crippen LogP contribution >= 0.6 is 23.1 Å². The monoisotopic (exact) mass is 290 g/mol. The predicted octanol–water partition coefficient (Wildman–Crippen LogP) is 2.23. The van der Waals surface area contributed by atoms with E-state index in [0.717, 1.165) is 25.3 Å². The lowest BCUT2D eigenvalue weighted by atomic mass is 10.2. The Labute approximate surface area is 117 Å². The van der Waals surface area contributed by atoms with E-state index in [-0.39, 0.29) is 0 Å². The van der Waals surface area contributed by atoms with Crippen LogP contribution in [0.15, 0.2) is 33.6 Å². The molecule has 3 rings (SSSR count). The molecule has 0 saturated heterocycles. The molecule has 0 amide bonds. The van der Waals surface area contributed by atoms with Crippen molar-refractivity contribution in [3.63, 3.8) is 0 Å². The number of aryl methyl sites for hydroxylation is 1. The topological polar surface area (TPSA) is 89.6 Å². The summed E-state index contributed by atoms with van der Waals surface area (Å²) in [7, 11) is 0. The van der Waals surface area contributed by atoms with Gasteiger partial charge in [0, 0.05) is 5.39 Å². The van der Waals surface area contributed by atoms with Crippen LogP contribution in [0.4, 0.5) is 5.95 Å². The van der Waals surface area contributed by atoms with E-state index >= 15 is 0 Å². The summed E-state index contributed by atoms with van der Waals surface area (Å²) in [6.45, 7) is 1.92. The number of aromatic nitrogens is 4. The fourth-order valence-corrected chi connectivity index (χ4v) is 3.44. The third-order valence-electron chi connectivity index (χ3n) is 2.39. The highest BCUT2D eigenvalue weighted by Gasteiger charge is 2.11. The van der Waals surface area contributed by atoms with E-state index in [1.807, 2.05) is 31.2 Å². The number of para-hydroxylation sites is 1. The number of nitrogens with two attached hydrogens (primary N) is 1. The number of hydrogen-bond acceptors (Lipinski definition) is 8. The van der Waals surface area contributed by atoms with Crippen LogP contribution in [0.25, 0.3) is 10.9 Å². The van der Waals surface area contributed by atoms with Gasteiger partial charge in [0.15, 0.2) is 4.34 Å². The van der Waals surface area contributed by atoms with Gasteiger partial charge in [-0.1, -0.05) is 29.5 Å².